The van der Waals surface area contributed by atoms with Crippen LogP contribution in [-0.4, -0.2) is 61.9 Å². The minimum absolute atomic E-state index is 0.206. The molecule has 0 bridgehead atoms. The molecular formula is C29H32BN3O6. The van der Waals surface area contributed by atoms with Crippen LogP contribution in [-0.2, 0) is 11.3 Å². The third-order valence-electron chi connectivity index (χ3n) is 7.22. The molecule has 1 aliphatic heterocycles. The number of ether oxygens (including phenoxy) is 4. The normalized spacial score (nSPS) is 13.8. The lowest BCUT2D eigenvalue weighted by Crippen LogP contribution is -2.31. The van der Waals surface area contributed by atoms with Gasteiger partial charge in [0.2, 0.25) is 0 Å². The van der Waals surface area contributed by atoms with Crippen LogP contribution in [0, 0.1) is 0 Å². The zero-order valence-electron chi connectivity index (χ0n) is 22.3. The molecule has 1 aromatic heterocycles. The molecule has 0 spiro atoms. The lowest BCUT2D eigenvalue weighted by molar-refractivity contribution is 0.0848. The van der Waals surface area contributed by atoms with E-state index in [1.54, 1.807) is 33.6 Å². The minimum Gasteiger partial charge on any atom is -0.497 e. The average molecular weight is 529 g/mol. The summed E-state index contributed by atoms with van der Waals surface area (Å²) in [5.74, 6) is 2.39. The third kappa shape index (κ3) is 5.63. The fourth-order valence-corrected chi connectivity index (χ4v) is 5.13. The molecule has 3 aromatic carbocycles. The van der Waals surface area contributed by atoms with Gasteiger partial charge in [0.15, 0.2) is 0 Å². The van der Waals surface area contributed by atoms with Gasteiger partial charge in [0.25, 0.3) is 0 Å². The summed E-state index contributed by atoms with van der Waals surface area (Å²) in [7, 11) is 3.31. The fourth-order valence-electron chi connectivity index (χ4n) is 5.13. The number of anilines is 1. The van der Waals surface area contributed by atoms with Gasteiger partial charge in [-0.3, -0.25) is 0 Å². The zero-order valence-corrected chi connectivity index (χ0v) is 22.3. The maximum atomic E-state index is 10.1. The highest BCUT2D eigenvalue weighted by molar-refractivity contribution is 6.58. The maximum Gasteiger partial charge on any atom is 0.488 e. The Hall–Kier alpha value is -3.86. The van der Waals surface area contributed by atoms with Crippen LogP contribution in [0.4, 0.5) is 5.69 Å². The summed E-state index contributed by atoms with van der Waals surface area (Å²) in [5, 5.41) is 33.1. The van der Waals surface area contributed by atoms with Crippen molar-refractivity contribution in [3.8, 4) is 28.4 Å². The summed E-state index contributed by atoms with van der Waals surface area (Å²) < 4.78 is 22.3. The predicted molar refractivity (Wildman–Crippen MR) is 151 cm³/mol. The van der Waals surface area contributed by atoms with Crippen LogP contribution in [0.2, 0.25) is 0 Å². The van der Waals surface area contributed by atoms with Gasteiger partial charge in [-0.15, -0.1) is 0 Å². The van der Waals surface area contributed by atoms with Crippen molar-refractivity contribution >= 4 is 29.2 Å². The highest BCUT2D eigenvalue weighted by Crippen LogP contribution is 2.40. The Morgan fingerprint density at radius 2 is 1.79 bits per heavy atom. The lowest BCUT2D eigenvalue weighted by Gasteiger charge is -2.26. The molecule has 0 aliphatic carbocycles. The van der Waals surface area contributed by atoms with Gasteiger partial charge >= 0.3 is 7.12 Å². The summed E-state index contributed by atoms with van der Waals surface area (Å²) in [6.45, 7) is 1.85. The van der Waals surface area contributed by atoms with Crippen molar-refractivity contribution in [2.45, 2.75) is 25.3 Å². The molecule has 0 radical (unpaired) electrons. The molecule has 9 nitrogen and oxygen atoms in total. The number of benzene rings is 3. The number of hydrogen-bond acceptors (Lipinski definition) is 9. The van der Waals surface area contributed by atoms with Gasteiger partial charge in [-0.2, -0.15) is 10.2 Å². The van der Waals surface area contributed by atoms with Gasteiger partial charge < -0.3 is 34.3 Å². The van der Waals surface area contributed by atoms with E-state index in [0.29, 0.717) is 30.7 Å². The first-order valence-electron chi connectivity index (χ1n) is 12.9. The van der Waals surface area contributed by atoms with Gasteiger partial charge in [0, 0.05) is 42.3 Å². The van der Waals surface area contributed by atoms with Crippen LogP contribution < -0.4 is 25.0 Å². The summed E-state index contributed by atoms with van der Waals surface area (Å²) >= 11 is 0. The topological polar surface area (TPSA) is 115 Å². The molecule has 202 valence electrons. The van der Waals surface area contributed by atoms with Crippen LogP contribution >= 0.6 is 0 Å². The second kappa shape index (κ2) is 11.9. The Balaban J connectivity index is 1.50. The van der Waals surface area contributed by atoms with Crippen molar-refractivity contribution in [1.82, 2.24) is 10.2 Å². The minimum atomic E-state index is -1.60. The van der Waals surface area contributed by atoms with E-state index < -0.39 is 7.12 Å². The predicted octanol–water partition coefficient (Wildman–Crippen LogP) is 3.51. The van der Waals surface area contributed by atoms with E-state index >= 15 is 0 Å². The smallest absolute Gasteiger partial charge is 0.488 e. The highest BCUT2D eigenvalue weighted by Gasteiger charge is 2.26. The second-order valence-corrected chi connectivity index (χ2v) is 9.47. The van der Waals surface area contributed by atoms with E-state index in [1.165, 1.54) is 0 Å². The SMILES string of the molecule is COc1ccc(CNc2cnnc3cc(-c4cc(B(O)O)cc(C5CCOCC5)c4OC)ccc23)c(OC)c1. The van der Waals surface area contributed by atoms with Gasteiger partial charge in [-0.05, 0) is 59.6 Å². The maximum absolute atomic E-state index is 10.1. The molecule has 0 unspecified atom stereocenters. The summed E-state index contributed by atoms with van der Waals surface area (Å²) in [4.78, 5) is 0. The first kappa shape index (κ1) is 26.7. The zero-order chi connectivity index (χ0) is 27.4. The molecule has 3 N–H and O–H groups in total. The van der Waals surface area contributed by atoms with E-state index in [-0.39, 0.29) is 5.92 Å². The van der Waals surface area contributed by atoms with E-state index in [0.717, 1.165) is 63.4 Å². The van der Waals surface area contributed by atoms with Crippen LogP contribution in [0.25, 0.3) is 22.0 Å². The molecule has 5 rings (SSSR count). The number of rotatable bonds is 9. The first-order chi connectivity index (χ1) is 19.0. The summed E-state index contributed by atoms with van der Waals surface area (Å²) in [5.41, 5.74) is 5.50. The van der Waals surface area contributed by atoms with Crippen molar-refractivity contribution in [3.05, 3.63) is 65.9 Å². The molecule has 0 amide bonds. The standard InChI is InChI=1S/C29H32BN3O6/c1-36-22-6-4-20(28(15-22)37-2)16-31-27-17-32-33-26-12-19(5-7-23(26)27)25-14-21(30(34)35)13-24(29(25)38-3)18-8-10-39-11-9-18/h4-7,12-15,17-18,34-35H,8-11,16H2,1-3H3,(H,31,33). The number of fused-ring (bicyclic) bond motifs is 1. The molecule has 10 heteroatoms. The molecule has 39 heavy (non-hydrogen) atoms. The van der Waals surface area contributed by atoms with Crippen molar-refractivity contribution in [2.24, 2.45) is 0 Å². The third-order valence-corrected chi connectivity index (χ3v) is 7.22. The largest absolute Gasteiger partial charge is 0.497 e. The lowest BCUT2D eigenvalue weighted by atomic mass is 9.75. The average Bonchev–Trinajstić information content (AvgIpc) is 2.99. The Bertz CT molecular complexity index is 1460. The number of methoxy groups -OCH3 is 3. The molecule has 4 aromatic rings. The van der Waals surface area contributed by atoms with Crippen molar-refractivity contribution in [3.63, 3.8) is 0 Å². The van der Waals surface area contributed by atoms with E-state index in [4.69, 9.17) is 18.9 Å². The molecule has 1 fully saturated rings. The van der Waals surface area contributed by atoms with Crippen molar-refractivity contribution in [1.29, 1.82) is 0 Å². The molecule has 2 heterocycles. The first-order valence-corrected chi connectivity index (χ1v) is 12.9. The summed E-state index contributed by atoms with van der Waals surface area (Å²) in [6.07, 6.45) is 3.39. The van der Waals surface area contributed by atoms with E-state index in [9.17, 15) is 10.0 Å². The Morgan fingerprint density at radius 1 is 0.974 bits per heavy atom. The Labute approximate surface area is 227 Å². The van der Waals surface area contributed by atoms with Gasteiger partial charge in [0.1, 0.15) is 17.2 Å². The molecule has 1 saturated heterocycles. The molecule has 0 saturated carbocycles. The number of nitrogens with one attached hydrogen (secondary N) is 1. The monoisotopic (exact) mass is 529 g/mol. The van der Waals surface area contributed by atoms with Gasteiger partial charge in [-0.25, -0.2) is 0 Å². The fraction of sp³-hybridized carbons (Fsp3) is 0.310. The van der Waals surface area contributed by atoms with Crippen molar-refractivity contribution in [2.75, 3.05) is 39.9 Å². The number of hydrogen-bond donors (Lipinski definition) is 3. The van der Waals surface area contributed by atoms with Crippen LogP contribution in [0.5, 0.6) is 17.2 Å². The molecule has 1 aliphatic rings. The summed E-state index contributed by atoms with van der Waals surface area (Å²) in [6, 6.07) is 15.2. The van der Waals surface area contributed by atoms with Crippen LogP contribution in [0.3, 0.4) is 0 Å². The van der Waals surface area contributed by atoms with Crippen LogP contribution in [0.15, 0.2) is 54.7 Å². The Morgan fingerprint density at radius 3 is 2.51 bits per heavy atom. The van der Waals surface area contributed by atoms with Crippen LogP contribution in [0.1, 0.15) is 29.9 Å². The van der Waals surface area contributed by atoms with E-state index in [2.05, 4.69) is 15.5 Å². The molecular weight excluding hydrogens is 497 g/mol. The van der Waals surface area contributed by atoms with Gasteiger partial charge in [0.05, 0.1) is 38.7 Å². The van der Waals surface area contributed by atoms with Crippen molar-refractivity contribution < 1.29 is 29.0 Å². The van der Waals surface area contributed by atoms with Gasteiger partial charge in [-0.1, -0.05) is 18.2 Å². The second-order valence-electron chi connectivity index (χ2n) is 9.47. The molecule has 0 atom stereocenters. The Kier molecular flexibility index (Phi) is 8.16. The number of aromatic nitrogens is 2. The quantitative estimate of drug-likeness (QED) is 0.280. The number of nitrogens with zero attached hydrogens (tertiary/aromatic N) is 2. The van der Waals surface area contributed by atoms with E-state index in [1.807, 2.05) is 42.5 Å². The highest BCUT2D eigenvalue weighted by atomic mass is 16.5.